The predicted octanol–water partition coefficient (Wildman–Crippen LogP) is 2.20. The predicted molar refractivity (Wildman–Crippen MR) is 94.3 cm³/mol. The van der Waals surface area contributed by atoms with Crippen LogP contribution < -0.4 is 5.32 Å². The quantitative estimate of drug-likeness (QED) is 0.607. The van der Waals surface area contributed by atoms with Crippen LogP contribution in [-0.4, -0.2) is 59.9 Å². The van der Waals surface area contributed by atoms with Crippen LogP contribution >= 0.6 is 0 Å². The van der Waals surface area contributed by atoms with Gasteiger partial charge in [-0.05, 0) is 26.7 Å². The maximum atomic E-state index is 5.72. The summed E-state index contributed by atoms with van der Waals surface area (Å²) in [5.74, 6) is 2.68. The number of aliphatic imine (C=N–C) groups is 1. The maximum absolute atomic E-state index is 5.72. The number of nitrogens with zero attached hydrogens (tertiary/aromatic N) is 4. The molecule has 1 aromatic heterocycles. The summed E-state index contributed by atoms with van der Waals surface area (Å²) in [6.07, 6.45) is 3.17. The zero-order valence-electron chi connectivity index (χ0n) is 15.4. The molecule has 0 unspecified atom stereocenters. The van der Waals surface area contributed by atoms with Gasteiger partial charge in [0.25, 0.3) is 0 Å². The van der Waals surface area contributed by atoms with Gasteiger partial charge in [-0.2, -0.15) is 4.98 Å². The van der Waals surface area contributed by atoms with Gasteiger partial charge in [-0.1, -0.05) is 19.0 Å². The molecule has 0 saturated carbocycles. The van der Waals surface area contributed by atoms with E-state index in [0.29, 0.717) is 25.0 Å². The van der Waals surface area contributed by atoms with Crippen LogP contribution in [0.3, 0.4) is 0 Å². The Morgan fingerprint density at radius 1 is 1.38 bits per heavy atom. The Labute approximate surface area is 144 Å². The first-order chi connectivity index (χ1) is 11.6. The van der Waals surface area contributed by atoms with Gasteiger partial charge < -0.3 is 19.5 Å². The van der Waals surface area contributed by atoms with Crippen molar-refractivity contribution in [2.24, 2.45) is 4.99 Å². The zero-order valence-corrected chi connectivity index (χ0v) is 15.4. The molecule has 7 nitrogen and oxygen atoms in total. The third-order valence-corrected chi connectivity index (χ3v) is 4.07. The first kappa shape index (κ1) is 18.7. The van der Waals surface area contributed by atoms with E-state index in [9.17, 15) is 0 Å². The molecule has 1 aliphatic rings. The van der Waals surface area contributed by atoms with Gasteiger partial charge >= 0.3 is 0 Å². The van der Waals surface area contributed by atoms with Gasteiger partial charge in [0.1, 0.15) is 0 Å². The van der Waals surface area contributed by atoms with Gasteiger partial charge in [0.15, 0.2) is 11.8 Å². The molecule has 0 radical (unpaired) electrons. The minimum Gasteiger partial charge on any atom is -0.378 e. The van der Waals surface area contributed by atoms with Crippen LogP contribution in [0.4, 0.5) is 0 Å². The van der Waals surface area contributed by atoms with Crippen molar-refractivity contribution < 1.29 is 9.26 Å². The summed E-state index contributed by atoms with van der Waals surface area (Å²) in [6.45, 7) is 12.5. The standard InChI is InChI=1S/C17H31N5O2/c1-5-18-17(22-11-8-14(9-12-22)23-6-2)19-10-7-15-20-16(13(3)4)21-24-15/h13-14H,5-12H2,1-4H3,(H,18,19). The van der Waals surface area contributed by atoms with E-state index in [0.717, 1.165) is 50.9 Å². The number of aromatic nitrogens is 2. The van der Waals surface area contributed by atoms with E-state index in [2.05, 4.69) is 48.1 Å². The lowest BCUT2D eigenvalue weighted by molar-refractivity contribution is 0.0264. The van der Waals surface area contributed by atoms with Crippen LogP contribution in [0.2, 0.25) is 0 Å². The molecule has 1 N–H and O–H groups in total. The van der Waals surface area contributed by atoms with E-state index in [-0.39, 0.29) is 5.92 Å². The van der Waals surface area contributed by atoms with Gasteiger partial charge in [-0.25, -0.2) is 0 Å². The third kappa shape index (κ3) is 5.47. The molecule has 1 aliphatic heterocycles. The fraction of sp³-hybridized carbons (Fsp3) is 0.824. The molecular formula is C17H31N5O2. The van der Waals surface area contributed by atoms with Crippen molar-refractivity contribution in [3.05, 3.63) is 11.7 Å². The van der Waals surface area contributed by atoms with Crippen LogP contribution in [0, 0.1) is 0 Å². The van der Waals surface area contributed by atoms with Crippen LogP contribution in [0.15, 0.2) is 9.52 Å². The number of piperidine rings is 1. The van der Waals surface area contributed by atoms with Crippen LogP contribution in [0.1, 0.15) is 58.2 Å². The highest BCUT2D eigenvalue weighted by Crippen LogP contribution is 2.14. The van der Waals surface area contributed by atoms with Crippen molar-refractivity contribution >= 4 is 5.96 Å². The Hall–Kier alpha value is -1.63. The van der Waals surface area contributed by atoms with Crippen molar-refractivity contribution in [1.82, 2.24) is 20.4 Å². The lowest BCUT2D eigenvalue weighted by atomic mass is 10.1. The average molecular weight is 337 g/mol. The third-order valence-electron chi connectivity index (χ3n) is 4.07. The SMILES string of the molecule is CCNC(=NCCc1nc(C(C)C)no1)N1CCC(OCC)CC1. The van der Waals surface area contributed by atoms with Crippen LogP contribution in [0.25, 0.3) is 0 Å². The summed E-state index contributed by atoms with van der Waals surface area (Å²) in [6, 6.07) is 0. The molecule has 0 aliphatic carbocycles. The minimum absolute atomic E-state index is 0.287. The van der Waals surface area contributed by atoms with Crippen molar-refractivity contribution in [3.8, 4) is 0 Å². The van der Waals surface area contributed by atoms with Crippen LogP contribution in [-0.2, 0) is 11.2 Å². The summed E-state index contributed by atoms with van der Waals surface area (Å²) in [4.78, 5) is 11.4. The van der Waals surface area contributed by atoms with Crippen molar-refractivity contribution in [3.63, 3.8) is 0 Å². The number of hydrogen-bond acceptors (Lipinski definition) is 5. The molecule has 1 saturated heterocycles. The molecule has 0 spiro atoms. The topological polar surface area (TPSA) is 75.8 Å². The molecule has 7 heteroatoms. The lowest BCUT2D eigenvalue weighted by Gasteiger charge is -2.34. The van der Waals surface area contributed by atoms with Gasteiger partial charge in [0.2, 0.25) is 5.89 Å². The van der Waals surface area contributed by atoms with Gasteiger partial charge in [-0.15, -0.1) is 0 Å². The second-order valence-corrected chi connectivity index (χ2v) is 6.33. The molecule has 1 fully saturated rings. The van der Waals surface area contributed by atoms with Crippen molar-refractivity contribution in [2.75, 3.05) is 32.8 Å². The van der Waals surface area contributed by atoms with Crippen molar-refractivity contribution in [1.29, 1.82) is 0 Å². The highest BCUT2D eigenvalue weighted by molar-refractivity contribution is 5.80. The van der Waals surface area contributed by atoms with Crippen molar-refractivity contribution in [2.45, 2.75) is 59.0 Å². The van der Waals surface area contributed by atoms with Gasteiger partial charge in [0, 0.05) is 38.6 Å². The fourth-order valence-electron chi connectivity index (χ4n) is 2.76. The Bertz CT molecular complexity index is 507. The first-order valence-electron chi connectivity index (χ1n) is 9.11. The fourth-order valence-corrected chi connectivity index (χ4v) is 2.76. The Kier molecular flexibility index (Phi) is 7.49. The van der Waals surface area contributed by atoms with Gasteiger partial charge in [0.05, 0.1) is 12.6 Å². The smallest absolute Gasteiger partial charge is 0.228 e. The number of likely N-dealkylation sites (tertiary alicyclic amines) is 1. The Morgan fingerprint density at radius 2 is 2.12 bits per heavy atom. The molecule has 1 aromatic rings. The van der Waals surface area contributed by atoms with E-state index in [1.54, 1.807) is 0 Å². The molecule has 0 atom stereocenters. The molecule has 0 bridgehead atoms. The van der Waals surface area contributed by atoms with E-state index in [1.165, 1.54) is 0 Å². The van der Waals surface area contributed by atoms with E-state index in [4.69, 9.17) is 14.3 Å². The molecular weight excluding hydrogens is 306 g/mol. The normalized spacial score (nSPS) is 16.9. The van der Waals surface area contributed by atoms with E-state index in [1.807, 2.05) is 0 Å². The number of ether oxygens (including phenoxy) is 1. The molecule has 2 rings (SSSR count). The Balaban J connectivity index is 1.86. The maximum Gasteiger partial charge on any atom is 0.228 e. The first-order valence-corrected chi connectivity index (χ1v) is 9.11. The average Bonchev–Trinajstić information content (AvgIpc) is 3.04. The van der Waals surface area contributed by atoms with Gasteiger partial charge in [-0.3, -0.25) is 4.99 Å². The molecule has 0 aromatic carbocycles. The zero-order chi connectivity index (χ0) is 17.4. The number of nitrogens with one attached hydrogen (secondary N) is 1. The summed E-state index contributed by atoms with van der Waals surface area (Å²) in [5.41, 5.74) is 0. The molecule has 2 heterocycles. The summed E-state index contributed by atoms with van der Waals surface area (Å²) in [7, 11) is 0. The second kappa shape index (κ2) is 9.61. The highest BCUT2D eigenvalue weighted by Gasteiger charge is 2.21. The molecule has 24 heavy (non-hydrogen) atoms. The number of guanidine groups is 1. The van der Waals surface area contributed by atoms with Crippen LogP contribution in [0.5, 0.6) is 0 Å². The minimum atomic E-state index is 0.287. The monoisotopic (exact) mass is 337 g/mol. The Morgan fingerprint density at radius 3 is 2.71 bits per heavy atom. The number of hydrogen-bond donors (Lipinski definition) is 1. The summed E-state index contributed by atoms with van der Waals surface area (Å²) >= 11 is 0. The largest absolute Gasteiger partial charge is 0.378 e. The summed E-state index contributed by atoms with van der Waals surface area (Å²) in [5, 5.41) is 7.37. The van der Waals surface area contributed by atoms with E-state index < -0.39 is 0 Å². The summed E-state index contributed by atoms with van der Waals surface area (Å²) < 4.78 is 11.0. The second-order valence-electron chi connectivity index (χ2n) is 6.33. The highest BCUT2D eigenvalue weighted by atomic mass is 16.5. The lowest BCUT2D eigenvalue weighted by Crippen LogP contribution is -2.47. The molecule has 0 amide bonds. The van der Waals surface area contributed by atoms with E-state index >= 15 is 0 Å². The molecule has 136 valence electrons. The number of rotatable bonds is 7.